The first-order valence-corrected chi connectivity index (χ1v) is 7.60. The lowest BCUT2D eigenvalue weighted by Crippen LogP contribution is -2.33. The Morgan fingerprint density at radius 3 is 2.89 bits per heavy atom. The highest BCUT2D eigenvalue weighted by molar-refractivity contribution is 7.98. The molecule has 2 aromatic rings. The molecule has 0 spiro atoms. The molecule has 0 amide bonds. The highest BCUT2D eigenvalue weighted by Gasteiger charge is 2.16. The molecule has 0 saturated heterocycles. The summed E-state index contributed by atoms with van der Waals surface area (Å²) in [6.45, 7) is 2.16. The summed E-state index contributed by atoms with van der Waals surface area (Å²) in [5.74, 6) is 0.581. The van der Waals surface area contributed by atoms with E-state index in [1.807, 2.05) is 24.9 Å². The van der Waals surface area contributed by atoms with Crippen LogP contribution >= 0.6 is 11.8 Å². The summed E-state index contributed by atoms with van der Waals surface area (Å²) >= 11 is 1.81. The Labute approximate surface area is 116 Å². The molecule has 1 atom stereocenters. The van der Waals surface area contributed by atoms with Crippen LogP contribution in [0.4, 0.5) is 11.4 Å². The minimum absolute atomic E-state index is 0.411. The second kappa shape index (κ2) is 5.61. The van der Waals surface area contributed by atoms with Crippen LogP contribution in [0.1, 0.15) is 13.3 Å². The average Bonchev–Trinajstić information content (AvgIpc) is 2.73. The second-order valence-corrected chi connectivity index (χ2v) is 5.46. The van der Waals surface area contributed by atoms with Crippen molar-refractivity contribution >= 4 is 34.2 Å². The van der Waals surface area contributed by atoms with Crippen molar-refractivity contribution in [2.45, 2.75) is 19.4 Å². The Balaban J connectivity index is 2.42. The molecule has 0 saturated carbocycles. The molecule has 104 valence electrons. The van der Waals surface area contributed by atoms with Gasteiger partial charge < -0.3 is 15.1 Å². The second-order valence-electron chi connectivity index (χ2n) is 4.55. The van der Waals surface area contributed by atoms with Gasteiger partial charge in [-0.25, -0.2) is 4.79 Å². The number of nitrogen functional groups attached to an aromatic ring is 1. The fraction of sp³-hybridized carbons (Fsp3) is 0.462. The summed E-state index contributed by atoms with van der Waals surface area (Å²) < 4.78 is 5.00. The molecular formula is C13H19N3O2S. The Morgan fingerprint density at radius 1 is 1.53 bits per heavy atom. The number of thioether (sulfide) groups is 1. The van der Waals surface area contributed by atoms with Crippen molar-refractivity contribution in [2.75, 3.05) is 29.7 Å². The third-order valence-electron chi connectivity index (χ3n) is 3.33. The number of H-pyrrole nitrogens is 1. The van der Waals surface area contributed by atoms with Gasteiger partial charge >= 0.3 is 5.76 Å². The third kappa shape index (κ3) is 2.73. The molecule has 0 bridgehead atoms. The van der Waals surface area contributed by atoms with Crippen molar-refractivity contribution < 1.29 is 4.42 Å². The summed E-state index contributed by atoms with van der Waals surface area (Å²) in [5, 5.41) is 0. The summed E-state index contributed by atoms with van der Waals surface area (Å²) in [7, 11) is 2.03. The molecule has 19 heavy (non-hydrogen) atoms. The van der Waals surface area contributed by atoms with Crippen LogP contribution in [-0.2, 0) is 0 Å². The van der Waals surface area contributed by atoms with E-state index in [0.29, 0.717) is 22.8 Å². The fourth-order valence-corrected chi connectivity index (χ4v) is 3.04. The molecule has 2 rings (SSSR count). The number of anilines is 2. The lowest BCUT2D eigenvalue weighted by Gasteiger charge is -2.29. The molecular weight excluding hydrogens is 262 g/mol. The number of oxazole rings is 1. The smallest absolute Gasteiger partial charge is 0.408 e. The normalized spacial score (nSPS) is 12.8. The van der Waals surface area contributed by atoms with Crippen molar-refractivity contribution in [1.29, 1.82) is 0 Å². The monoisotopic (exact) mass is 281 g/mol. The fourth-order valence-electron chi connectivity index (χ4n) is 2.20. The Morgan fingerprint density at radius 2 is 2.26 bits per heavy atom. The van der Waals surface area contributed by atoms with Crippen LogP contribution < -0.4 is 16.4 Å². The van der Waals surface area contributed by atoms with E-state index in [9.17, 15) is 4.79 Å². The molecule has 0 radical (unpaired) electrons. The van der Waals surface area contributed by atoms with Crippen LogP contribution in [0.2, 0.25) is 0 Å². The zero-order valence-electron chi connectivity index (χ0n) is 11.4. The molecule has 1 aromatic heterocycles. The van der Waals surface area contributed by atoms with Crippen LogP contribution in [0.25, 0.3) is 11.1 Å². The lowest BCUT2D eigenvalue weighted by atomic mass is 10.1. The minimum Gasteiger partial charge on any atom is -0.408 e. The van der Waals surface area contributed by atoms with Crippen molar-refractivity contribution in [1.82, 2.24) is 4.98 Å². The van der Waals surface area contributed by atoms with E-state index in [0.717, 1.165) is 17.9 Å². The molecule has 1 aromatic carbocycles. The minimum atomic E-state index is -0.453. The maximum atomic E-state index is 11.2. The van der Waals surface area contributed by atoms with Gasteiger partial charge in [0.2, 0.25) is 0 Å². The van der Waals surface area contributed by atoms with E-state index in [2.05, 4.69) is 23.1 Å². The number of benzene rings is 1. The maximum absolute atomic E-state index is 11.2. The van der Waals surface area contributed by atoms with Crippen molar-refractivity contribution in [3.8, 4) is 0 Å². The molecule has 3 N–H and O–H groups in total. The molecule has 1 unspecified atom stereocenters. The van der Waals surface area contributed by atoms with E-state index in [1.54, 1.807) is 6.07 Å². The Kier molecular flexibility index (Phi) is 4.09. The number of hydrogen-bond donors (Lipinski definition) is 2. The van der Waals surface area contributed by atoms with Gasteiger partial charge in [0.25, 0.3) is 0 Å². The number of nitrogens with zero attached hydrogens (tertiary/aromatic N) is 1. The number of aromatic nitrogens is 1. The topological polar surface area (TPSA) is 75.3 Å². The van der Waals surface area contributed by atoms with Crippen molar-refractivity contribution in [2.24, 2.45) is 0 Å². The van der Waals surface area contributed by atoms with E-state index >= 15 is 0 Å². The first kappa shape index (κ1) is 13.9. The van der Waals surface area contributed by atoms with E-state index in [1.165, 1.54) is 0 Å². The predicted octanol–water partition coefficient (Wildman–Crippen LogP) is 2.28. The number of fused-ring (bicyclic) bond motifs is 1. The predicted molar refractivity (Wildman–Crippen MR) is 82.1 cm³/mol. The Hall–Kier alpha value is -1.56. The van der Waals surface area contributed by atoms with Gasteiger partial charge in [-0.2, -0.15) is 11.8 Å². The molecule has 5 nitrogen and oxygen atoms in total. The Bertz CT molecular complexity index is 620. The lowest BCUT2D eigenvalue weighted by molar-refractivity contribution is 0.555. The zero-order chi connectivity index (χ0) is 14.0. The molecule has 0 aliphatic carbocycles. The first-order chi connectivity index (χ1) is 9.06. The standard InChI is InChI=1S/C13H19N3O2S/c1-4-8(7-19-3)16(2)11-6-10-12(5-9(11)14)18-13(17)15-10/h5-6,8H,4,7,14H2,1-3H3,(H,15,17). The van der Waals surface area contributed by atoms with Crippen LogP contribution in [-0.4, -0.2) is 30.1 Å². The van der Waals surface area contributed by atoms with E-state index in [4.69, 9.17) is 10.2 Å². The number of hydrogen-bond acceptors (Lipinski definition) is 5. The van der Waals surface area contributed by atoms with Crippen molar-refractivity contribution in [3.05, 3.63) is 22.7 Å². The van der Waals surface area contributed by atoms with Gasteiger partial charge in [-0.15, -0.1) is 0 Å². The van der Waals surface area contributed by atoms with Gasteiger partial charge in [0.05, 0.1) is 16.9 Å². The molecule has 1 heterocycles. The van der Waals surface area contributed by atoms with Crippen LogP contribution in [0.15, 0.2) is 21.3 Å². The summed E-state index contributed by atoms with van der Waals surface area (Å²) in [4.78, 5) is 16.0. The number of nitrogens with two attached hydrogens (primary N) is 1. The highest BCUT2D eigenvalue weighted by atomic mass is 32.2. The molecule has 6 heteroatoms. The number of nitrogens with one attached hydrogen (secondary N) is 1. The highest BCUT2D eigenvalue weighted by Crippen LogP contribution is 2.29. The van der Waals surface area contributed by atoms with Gasteiger partial charge in [-0.05, 0) is 18.7 Å². The zero-order valence-corrected chi connectivity index (χ0v) is 12.2. The number of aromatic amines is 1. The van der Waals surface area contributed by atoms with Crippen LogP contribution in [0.3, 0.4) is 0 Å². The number of rotatable bonds is 5. The molecule has 0 aliphatic heterocycles. The summed E-state index contributed by atoms with van der Waals surface area (Å²) in [5.41, 5.74) is 8.78. The molecule has 0 aliphatic rings. The summed E-state index contributed by atoms with van der Waals surface area (Å²) in [6.07, 6.45) is 3.13. The quantitative estimate of drug-likeness (QED) is 0.822. The van der Waals surface area contributed by atoms with Crippen LogP contribution in [0.5, 0.6) is 0 Å². The summed E-state index contributed by atoms with van der Waals surface area (Å²) in [6, 6.07) is 3.98. The molecule has 0 fully saturated rings. The van der Waals surface area contributed by atoms with Gasteiger partial charge in [0.1, 0.15) is 0 Å². The third-order valence-corrected chi connectivity index (χ3v) is 4.04. The van der Waals surface area contributed by atoms with Gasteiger partial charge in [0.15, 0.2) is 5.58 Å². The van der Waals surface area contributed by atoms with Crippen molar-refractivity contribution in [3.63, 3.8) is 0 Å². The largest absolute Gasteiger partial charge is 0.417 e. The van der Waals surface area contributed by atoms with Gasteiger partial charge in [-0.3, -0.25) is 4.98 Å². The average molecular weight is 281 g/mol. The van der Waals surface area contributed by atoms with E-state index < -0.39 is 5.76 Å². The van der Waals surface area contributed by atoms with Crippen LogP contribution in [0, 0.1) is 0 Å². The SMILES string of the molecule is CCC(CSC)N(C)c1cc2[nH]c(=O)oc2cc1N. The van der Waals surface area contributed by atoms with Gasteiger partial charge in [-0.1, -0.05) is 6.92 Å². The maximum Gasteiger partial charge on any atom is 0.417 e. The first-order valence-electron chi connectivity index (χ1n) is 6.21. The van der Waals surface area contributed by atoms with Gasteiger partial charge in [0, 0.05) is 24.9 Å². The van der Waals surface area contributed by atoms with E-state index in [-0.39, 0.29) is 0 Å².